The van der Waals surface area contributed by atoms with Crippen LogP contribution in [-0.2, 0) is 11.3 Å². The molecule has 0 spiro atoms. The molecule has 5 heteroatoms. The summed E-state index contributed by atoms with van der Waals surface area (Å²) in [6.45, 7) is 1.89. The first kappa shape index (κ1) is 16.3. The van der Waals surface area contributed by atoms with Crippen LogP contribution in [0.2, 0.25) is 0 Å². The molecule has 1 fully saturated rings. The lowest BCUT2D eigenvalue weighted by Gasteiger charge is -2.15. The first-order valence-electron chi connectivity index (χ1n) is 7.74. The molecule has 1 aliphatic carbocycles. The van der Waals surface area contributed by atoms with Gasteiger partial charge in [0.05, 0.1) is 0 Å². The van der Waals surface area contributed by atoms with Crippen LogP contribution in [0.15, 0.2) is 48.5 Å². The van der Waals surface area contributed by atoms with Crippen molar-refractivity contribution in [1.82, 2.24) is 4.72 Å². The molecule has 4 atom stereocenters. The zero-order valence-corrected chi connectivity index (χ0v) is 13.7. The molecule has 0 heterocycles. The number of rotatable bonds is 6. The van der Waals surface area contributed by atoms with E-state index in [-0.39, 0.29) is 11.9 Å². The molecule has 23 heavy (non-hydrogen) atoms. The molecule has 3 nitrogen and oxygen atoms in total. The van der Waals surface area contributed by atoms with Gasteiger partial charge in [0.1, 0.15) is 5.82 Å². The van der Waals surface area contributed by atoms with Gasteiger partial charge < -0.3 is 4.55 Å². The highest BCUT2D eigenvalue weighted by Crippen LogP contribution is 2.50. The maximum absolute atomic E-state index is 13.3. The lowest BCUT2D eigenvalue weighted by Crippen LogP contribution is -2.28. The molecule has 0 aliphatic heterocycles. The molecule has 0 aromatic heterocycles. The van der Waals surface area contributed by atoms with Crippen LogP contribution >= 0.6 is 0 Å². The van der Waals surface area contributed by atoms with Gasteiger partial charge in [-0.3, -0.25) is 4.21 Å². The number of nitrogens with one attached hydrogen (secondary N) is 1. The van der Waals surface area contributed by atoms with Crippen molar-refractivity contribution in [3.05, 3.63) is 59.9 Å². The maximum atomic E-state index is 13.3. The van der Waals surface area contributed by atoms with E-state index in [0.717, 1.165) is 24.0 Å². The Balaban J connectivity index is 1.62. The van der Waals surface area contributed by atoms with Crippen molar-refractivity contribution in [2.24, 2.45) is 5.92 Å². The van der Waals surface area contributed by atoms with Crippen LogP contribution in [0.4, 0.5) is 4.39 Å². The molecule has 2 aromatic carbocycles. The summed E-state index contributed by atoms with van der Waals surface area (Å²) >= 11 is -2.20. The molecular formula is C18H19FNO2S-. The van der Waals surface area contributed by atoms with Crippen LogP contribution in [0.25, 0.3) is 11.1 Å². The normalized spacial score (nSPS) is 22.6. The van der Waals surface area contributed by atoms with Gasteiger partial charge >= 0.3 is 0 Å². The lowest BCUT2D eigenvalue weighted by atomic mass is 10.0. The Bertz CT molecular complexity index is 704. The zero-order valence-electron chi connectivity index (χ0n) is 12.9. The molecule has 3 rings (SSSR count). The van der Waals surface area contributed by atoms with Crippen molar-refractivity contribution in [2.45, 2.75) is 31.7 Å². The van der Waals surface area contributed by atoms with E-state index < -0.39 is 11.3 Å². The minimum absolute atomic E-state index is 0.0325. The largest absolute Gasteiger partial charge is 0.760 e. The summed E-state index contributed by atoms with van der Waals surface area (Å²) in [6, 6.07) is 14.8. The second-order valence-corrected chi connectivity index (χ2v) is 6.93. The molecule has 122 valence electrons. The summed E-state index contributed by atoms with van der Waals surface area (Å²) in [5.74, 6) is 0.799. The van der Waals surface area contributed by atoms with Crippen LogP contribution in [0, 0.1) is 11.7 Å². The summed E-state index contributed by atoms with van der Waals surface area (Å²) in [4.78, 5) is 0. The highest BCUT2D eigenvalue weighted by Gasteiger charge is 2.38. The topological polar surface area (TPSA) is 52.2 Å². The Hall–Kier alpha value is -1.56. The number of hydrogen-bond acceptors (Lipinski definition) is 2. The highest BCUT2D eigenvalue weighted by atomic mass is 32.2. The number of benzene rings is 2. The Morgan fingerprint density at radius 2 is 2.00 bits per heavy atom. The summed E-state index contributed by atoms with van der Waals surface area (Å²) in [5, 5.41) is 0. The molecule has 1 aliphatic rings. The highest BCUT2D eigenvalue weighted by molar-refractivity contribution is 7.77. The Morgan fingerprint density at radius 3 is 2.65 bits per heavy atom. The predicted molar refractivity (Wildman–Crippen MR) is 88.8 cm³/mol. The van der Waals surface area contributed by atoms with Gasteiger partial charge in [-0.05, 0) is 60.4 Å². The van der Waals surface area contributed by atoms with Gasteiger partial charge in [0.25, 0.3) is 0 Å². The van der Waals surface area contributed by atoms with E-state index in [9.17, 15) is 13.2 Å². The Kier molecular flexibility index (Phi) is 4.90. The van der Waals surface area contributed by atoms with Gasteiger partial charge in [-0.15, -0.1) is 0 Å². The number of hydrogen-bond donors (Lipinski definition) is 1. The fraction of sp³-hybridized carbons (Fsp3) is 0.333. The monoisotopic (exact) mass is 332 g/mol. The van der Waals surface area contributed by atoms with Crippen LogP contribution < -0.4 is 4.72 Å². The summed E-state index contributed by atoms with van der Waals surface area (Å²) in [7, 11) is 0. The molecule has 0 bridgehead atoms. The molecule has 4 unspecified atom stereocenters. The van der Waals surface area contributed by atoms with E-state index in [0.29, 0.717) is 11.8 Å². The molecule has 0 radical (unpaired) electrons. The summed E-state index contributed by atoms with van der Waals surface area (Å²) in [5.41, 5.74) is 3.15. The molecule has 0 saturated heterocycles. The summed E-state index contributed by atoms with van der Waals surface area (Å²) in [6.07, 6.45) is 1.95. The third-order valence-electron chi connectivity index (χ3n) is 4.37. The second kappa shape index (κ2) is 6.91. The third-order valence-corrected chi connectivity index (χ3v) is 4.97. The average molecular weight is 332 g/mol. The van der Waals surface area contributed by atoms with E-state index in [1.807, 2.05) is 25.1 Å². The van der Waals surface area contributed by atoms with E-state index >= 15 is 0 Å². The van der Waals surface area contributed by atoms with Gasteiger partial charge in [0.2, 0.25) is 0 Å². The number of halogens is 1. The SMILES string of the molecule is CC(CC1CC1c1ccc(-c2cccc(F)c2)cc1)NS(=O)[O-]. The van der Waals surface area contributed by atoms with Gasteiger partial charge in [0.15, 0.2) is 0 Å². The Labute approximate surface area is 138 Å². The lowest BCUT2D eigenvalue weighted by molar-refractivity contribution is 0.490. The molecule has 0 amide bonds. The second-order valence-electron chi connectivity index (χ2n) is 6.22. The molecule has 2 aromatic rings. The van der Waals surface area contributed by atoms with Gasteiger partial charge in [0, 0.05) is 17.3 Å². The van der Waals surface area contributed by atoms with E-state index in [1.54, 1.807) is 6.07 Å². The molecular weight excluding hydrogens is 313 g/mol. The fourth-order valence-corrected chi connectivity index (χ4v) is 3.60. The average Bonchev–Trinajstić information content (AvgIpc) is 3.25. The van der Waals surface area contributed by atoms with Crippen LogP contribution in [0.1, 0.15) is 31.2 Å². The van der Waals surface area contributed by atoms with E-state index in [4.69, 9.17) is 0 Å². The van der Waals surface area contributed by atoms with Crippen molar-refractivity contribution in [3.8, 4) is 11.1 Å². The van der Waals surface area contributed by atoms with Crippen LogP contribution in [0.5, 0.6) is 0 Å². The zero-order chi connectivity index (χ0) is 16.4. The third kappa shape index (κ3) is 4.25. The van der Waals surface area contributed by atoms with Crippen molar-refractivity contribution in [3.63, 3.8) is 0 Å². The van der Waals surface area contributed by atoms with E-state index in [1.165, 1.54) is 17.7 Å². The fourth-order valence-electron chi connectivity index (χ4n) is 3.17. The maximum Gasteiger partial charge on any atom is 0.123 e. The summed E-state index contributed by atoms with van der Waals surface area (Å²) < 4.78 is 37.0. The molecule has 1 saturated carbocycles. The first-order chi connectivity index (χ1) is 11.0. The minimum Gasteiger partial charge on any atom is -0.760 e. The smallest absolute Gasteiger partial charge is 0.123 e. The first-order valence-corrected chi connectivity index (χ1v) is 8.82. The minimum atomic E-state index is -2.20. The van der Waals surface area contributed by atoms with Gasteiger partial charge in [-0.2, -0.15) is 0 Å². The van der Waals surface area contributed by atoms with Gasteiger partial charge in [-0.25, -0.2) is 9.11 Å². The standard InChI is InChI=1S/C18H20FNO2S/c1-12(20-23(21)22)9-16-11-18(16)14-7-5-13(6-8-14)15-3-2-4-17(19)10-15/h2-8,10,12,16,18,20H,9,11H2,1H3,(H,21,22)/p-1. The van der Waals surface area contributed by atoms with E-state index in [2.05, 4.69) is 16.9 Å². The predicted octanol–water partition coefficient (Wildman–Crippen LogP) is 3.76. The van der Waals surface area contributed by atoms with Crippen molar-refractivity contribution >= 4 is 11.3 Å². The van der Waals surface area contributed by atoms with Crippen molar-refractivity contribution in [2.75, 3.05) is 0 Å². The van der Waals surface area contributed by atoms with Crippen molar-refractivity contribution < 1.29 is 13.2 Å². The van der Waals surface area contributed by atoms with Crippen molar-refractivity contribution in [1.29, 1.82) is 0 Å². The van der Waals surface area contributed by atoms with Crippen LogP contribution in [-0.4, -0.2) is 14.8 Å². The van der Waals surface area contributed by atoms with Gasteiger partial charge in [-0.1, -0.05) is 36.4 Å². The Morgan fingerprint density at radius 1 is 1.26 bits per heavy atom. The quantitative estimate of drug-likeness (QED) is 0.819. The van der Waals surface area contributed by atoms with Crippen LogP contribution in [0.3, 0.4) is 0 Å². The molecule has 1 N–H and O–H groups in total.